The number of rotatable bonds is 8. The molecule has 1 aliphatic carbocycles. The zero-order chi connectivity index (χ0) is 22.8. The summed E-state index contributed by atoms with van der Waals surface area (Å²) >= 11 is 6.12. The Morgan fingerprint density at radius 2 is 1.34 bits per heavy atom. The number of hydrogen-bond acceptors (Lipinski definition) is 0. The van der Waals surface area contributed by atoms with Gasteiger partial charge in [0.1, 0.15) is 0 Å². The third kappa shape index (κ3) is 5.93. The van der Waals surface area contributed by atoms with Crippen molar-refractivity contribution in [3.63, 3.8) is 0 Å². The van der Waals surface area contributed by atoms with E-state index in [0.717, 1.165) is 6.42 Å². The highest BCUT2D eigenvalue weighted by Gasteiger charge is 2.17. The molecule has 1 heteroatoms. The molecule has 0 spiro atoms. The minimum absolute atomic E-state index is 0.542. The molecule has 0 aromatic heterocycles. The molecule has 1 aliphatic rings. The molecular weight excluding hydrogens is 408 g/mol. The Bertz CT molecular complexity index is 1070. The second-order valence-corrected chi connectivity index (χ2v) is 8.89. The summed E-state index contributed by atoms with van der Waals surface area (Å²) in [6.45, 7) is 6.73. The molecule has 0 N–H and O–H groups in total. The number of halogens is 1. The van der Waals surface area contributed by atoms with E-state index in [4.69, 9.17) is 11.6 Å². The fraction of sp³-hybridized carbons (Fsp3) is 0.355. The first kappa shape index (κ1) is 24.3. The monoisotopic (exact) mass is 444 g/mol. The van der Waals surface area contributed by atoms with Crippen LogP contribution in [0.5, 0.6) is 0 Å². The molecule has 0 unspecified atom stereocenters. The molecule has 0 aliphatic heterocycles. The molecular formula is C31H37Cl. The van der Waals surface area contributed by atoms with E-state index in [1.807, 2.05) is 0 Å². The Morgan fingerprint density at radius 1 is 0.688 bits per heavy atom. The molecule has 0 atom stereocenters. The van der Waals surface area contributed by atoms with Gasteiger partial charge in [-0.15, -0.1) is 11.6 Å². The standard InChI is InChI=1S/C24H21Cl.C7H16/c1-2-7-17-14-20(24-11-6-4-8-21(17)24)15-18-12-13-19(16-25)23-10-5-3-9-22(18)23;1-3-5-7-6-4-2/h3-6,8-15H,2,7,16H2,1H3;3-7H2,1-2H3/b20-15+;. The van der Waals surface area contributed by atoms with Gasteiger partial charge in [-0.1, -0.05) is 126 Å². The minimum atomic E-state index is 0.542. The zero-order valence-electron chi connectivity index (χ0n) is 20.0. The van der Waals surface area contributed by atoms with E-state index >= 15 is 0 Å². The summed E-state index contributed by atoms with van der Waals surface area (Å²) in [5.74, 6) is 0.542. The topological polar surface area (TPSA) is 0 Å². The second-order valence-electron chi connectivity index (χ2n) is 8.62. The van der Waals surface area contributed by atoms with Crippen molar-refractivity contribution < 1.29 is 0 Å². The van der Waals surface area contributed by atoms with Crippen LogP contribution in [0.1, 0.15) is 88.0 Å². The van der Waals surface area contributed by atoms with E-state index in [-0.39, 0.29) is 0 Å². The van der Waals surface area contributed by atoms with E-state index in [1.165, 1.54) is 82.7 Å². The van der Waals surface area contributed by atoms with Crippen LogP contribution < -0.4 is 0 Å². The first-order valence-corrected chi connectivity index (χ1v) is 12.9. The van der Waals surface area contributed by atoms with Crippen molar-refractivity contribution in [1.82, 2.24) is 0 Å². The van der Waals surface area contributed by atoms with Gasteiger partial charge in [0.25, 0.3) is 0 Å². The van der Waals surface area contributed by atoms with Crippen molar-refractivity contribution in [2.75, 3.05) is 0 Å². The molecule has 4 rings (SSSR count). The van der Waals surface area contributed by atoms with Crippen LogP contribution in [0, 0.1) is 0 Å². The van der Waals surface area contributed by atoms with Crippen LogP contribution in [0.25, 0.3) is 28.0 Å². The normalized spacial score (nSPS) is 13.6. The SMILES string of the molecule is CCCC1=C/C(=C\c2ccc(CCl)c3ccccc23)c2ccccc21.CCCCCCC. The van der Waals surface area contributed by atoms with E-state index in [9.17, 15) is 0 Å². The summed E-state index contributed by atoms with van der Waals surface area (Å²) in [5, 5.41) is 2.51. The molecule has 0 heterocycles. The predicted octanol–water partition coefficient (Wildman–Crippen LogP) is 10.3. The molecule has 32 heavy (non-hydrogen) atoms. The van der Waals surface area contributed by atoms with Crippen molar-refractivity contribution in [2.45, 2.75) is 71.6 Å². The van der Waals surface area contributed by atoms with Gasteiger partial charge in [-0.3, -0.25) is 0 Å². The van der Waals surface area contributed by atoms with Gasteiger partial charge in [-0.25, -0.2) is 0 Å². The maximum atomic E-state index is 6.12. The van der Waals surface area contributed by atoms with Crippen LogP contribution in [-0.2, 0) is 5.88 Å². The van der Waals surface area contributed by atoms with E-state index < -0.39 is 0 Å². The lowest BCUT2D eigenvalue weighted by Gasteiger charge is -2.08. The Hall–Kier alpha value is -2.31. The molecule has 0 radical (unpaired) electrons. The van der Waals surface area contributed by atoms with Gasteiger partial charge < -0.3 is 0 Å². The molecule has 3 aromatic rings. The summed E-state index contributed by atoms with van der Waals surface area (Å²) in [5.41, 5.74) is 7.93. The summed E-state index contributed by atoms with van der Waals surface area (Å²) in [7, 11) is 0. The third-order valence-corrected chi connectivity index (χ3v) is 6.43. The third-order valence-electron chi connectivity index (χ3n) is 6.14. The number of hydrogen-bond donors (Lipinski definition) is 0. The molecule has 0 saturated carbocycles. The molecule has 0 fully saturated rings. The Kier molecular flexibility index (Phi) is 9.62. The number of alkyl halides is 1. The molecule has 168 valence electrons. The number of unbranched alkanes of at least 4 members (excludes halogenated alkanes) is 4. The highest BCUT2D eigenvalue weighted by molar-refractivity contribution is 6.18. The average molecular weight is 445 g/mol. The fourth-order valence-corrected chi connectivity index (χ4v) is 4.66. The lowest BCUT2D eigenvalue weighted by atomic mass is 9.97. The highest BCUT2D eigenvalue weighted by Crippen LogP contribution is 2.39. The molecule has 0 nitrogen and oxygen atoms in total. The van der Waals surface area contributed by atoms with Gasteiger partial charge >= 0.3 is 0 Å². The first-order valence-electron chi connectivity index (χ1n) is 12.3. The number of fused-ring (bicyclic) bond motifs is 2. The molecule has 0 bridgehead atoms. The average Bonchev–Trinajstić information content (AvgIpc) is 3.18. The van der Waals surface area contributed by atoms with Gasteiger partial charge in [-0.05, 0) is 56.7 Å². The highest BCUT2D eigenvalue weighted by atomic mass is 35.5. The minimum Gasteiger partial charge on any atom is -0.122 e. The van der Waals surface area contributed by atoms with Gasteiger partial charge in [-0.2, -0.15) is 0 Å². The van der Waals surface area contributed by atoms with Gasteiger partial charge in [0.2, 0.25) is 0 Å². The van der Waals surface area contributed by atoms with E-state index in [0.29, 0.717) is 5.88 Å². The smallest absolute Gasteiger partial charge is 0.0480 e. The van der Waals surface area contributed by atoms with Gasteiger partial charge in [0, 0.05) is 5.88 Å². The first-order chi connectivity index (χ1) is 15.7. The van der Waals surface area contributed by atoms with Gasteiger partial charge in [0.05, 0.1) is 0 Å². The second kappa shape index (κ2) is 12.7. The van der Waals surface area contributed by atoms with Crippen LogP contribution in [-0.4, -0.2) is 0 Å². The van der Waals surface area contributed by atoms with Crippen LogP contribution in [0.3, 0.4) is 0 Å². The summed E-state index contributed by atoms with van der Waals surface area (Å²) in [6.07, 6.45) is 14.0. The van der Waals surface area contributed by atoms with Crippen molar-refractivity contribution in [3.8, 4) is 0 Å². The van der Waals surface area contributed by atoms with E-state index in [2.05, 4.69) is 93.6 Å². The molecule has 0 amide bonds. The van der Waals surface area contributed by atoms with Crippen molar-refractivity contribution in [1.29, 1.82) is 0 Å². The van der Waals surface area contributed by atoms with Gasteiger partial charge in [0.15, 0.2) is 0 Å². The summed E-state index contributed by atoms with van der Waals surface area (Å²) < 4.78 is 0. The maximum absolute atomic E-state index is 6.12. The Morgan fingerprint density at radius 3 is 2.00 bits per heavy atom. The summed E-state index contributed by atoms with van der Waals surface area (Å²) in [6, 6.07) is 21.6. The van der Waals surface area contributed by atoms with Crippen molar-refractivity contribution in [3.05, 3.63) is 89.0 Å². The zero-order valence-corrected chi connectivity index (χ0v) is 20.7. The van der Waals surface area contributed by atoms with Crippen LogP contribution in [0.15, 0.2) is 66.7 Å². The number of allylic oxidation sites excluding steroid dienone is 3. The van der Waals surface area contributed by atoms with Crippen LogP contribution in [0.4, 0.5) is 0 Å². The van der Waals surface area contributed by atoms with Crippen LogP contribution >= 0.6 is 11.6 Å². The fourth-order valence-electron chi connectivity index (χ4n) is 4.43. The van der Waals surface area contributed by atoms with Crippen molar-refractivity contribution in [2.24, 2.45) is 0 Å². The Labute approximate surface area is 200 Å². The maximum Gasteiger partial charge on any atom is 0.0480 e. The quantitative estimate of drug-likeness (QED) is 0.239. The number of benzene rings is 3. The van der Waals surface area contributed by atoms with Crippen molar-refractivity contribution >= 4 is 39.6 Å². The molecule has 3 aromatic carbocycles. The molecule has 0 saturated heterocycles. The summed E-state index contributed by atoms with van der Waals surface area (Å²) in [4.78, 5) is 0. The lowest BCUT2D eigenvalue weighted by Crippen LogP contribution is -1.87. The Balaban J connectivity index is 0.000000360. The predicted molar refractivity (Wildman–Crippen MR) is 145 cm³/mol. The van der Waals surface area contributed by atoms with E-state index in [1.54, 1.807) is 0 Å². The largest absolute Gasteiger partial charge is 0.122 e. The van der Waals surface area contributed by atoms with Crippen LogP contribution in [0.2, 0.25) is 0 Å². The lowest BCUT2D eigenvalue weighted by molar-refractivity contribution is 0.656.